The summed E-state index contributed by atoms with van der Waals surface area (Å²) in [5, 5.41) is 2.97. The molecule has 2 rings (SSSR count). The Morgan fingerprint density at radius 1 is 1.03 bits per heavy atom. The molecule has 0 heterocycles. The van der Waals surface area contributed by atoms with Crippen LogP contribution < -0.4 is 14.4 Å². The van der Waals surface area contributed by atoms with Crippen molar-refractivity contribution in [2.24, 2.45) is 0 Å². The number of sulfonamides is 1. The molecule has 0 unspecified atom stereocenters. The van der Waals surface area contributed by atoms with E-state index in [0.717, 1.165) is 27.3 Å². The van der Waals surface area contributed by atoms with Crippen molar-refractivity contribution in [3.63, 3.8) is 0 Å². The maximum atomic E-state index is 13.0. The van der Waals surface area contributed by atoms with E-state index in [4.69, 9.17) is 4.74 Å². The van der Waals surface area contributed by atoms with Crippen LogP contribution in [0.1, 0.15) is 49.1 Å². The van der Waals surface area contributed by atoms with Gasteiger partial charge in [-0.25, -0.2) is 8.42 Å². The lowest BCUT2D eigenvalue weighted by Gasteiger charge is -2.29. The third-order valence-corrected chi connectivity index (χ3v) is 6.44. The van der Waals surface area contributed by atoms with Crippen LogP contribution in [0.25, 0.3) is 0 Å². The molecular formula is C23H32N2O4S. The SMILES string of the molecule is CCOc1ccc(N([C@@H](C)C(=O)N[C@H](C)c2cc(C)c(C)cc2C)S(C)(=O)=O)cc1. The number of hydrogen-bond donors (Lipinski definition) is 1. The van der Waals surface area contributed by atoms with Crippen LogP contribution in [-0.2, 0) is 14.8 Å². The number of carbonyl (C=O) groups is 1. The third kappa shape index (κ3) is 5.53. The molecule has 2 aromatic rings. The second kappa shape index (κ2) is 9.51. The van der Waals surface area contributed by atoms with E-state index in [1.807, 2.05) is 27.7 Å². The third-order valence-electron chi connectivity index (χ3n) is 5.20. The fourth-order valence-electron chi connectivity index (χ4n) is 3.53. The molecule has 0 saturated heterocycles. The maximum Gasteiger partial charge on any atom is 0.244 e. The summed E-state index contributed by atoms with van der Waals surface area (Å²) in [7, 11) is -3.68. The number of benzene rings is 2. The van der Waals surface area contributed by atoms with Crippen LogP contribution in [0.15, 0.2) is 36.4 Å². The molecular weight excluding hydrogens is 400 g/mol. The zero-order valence-corrected chi connectivity index (χ0v) is 19.6. The Balaban J connectivity index is 2.27. The van der Waals surface area contributed by atoms with Gasteiger partial charge in [0.15, 0.2) is 0 Å². The number of aryl methyl sites for hydroxylation is 3. The molecule has 164 valence electrons. The van der Waals surface area contributed by atoms with Gasteiger partial charge in [-0.15, -0.1) is 0 Å². The molecule has 2 atom stereocenters. The van der Waals surface area contributed by atoms with Crippen molar-refractivity contribution in [3.8, 4) is 5.75 Å². The van der Waals surface area contributed by atoms with E-state index >= 15 is 0 Å². The van der Waals surface area contributed by atoms with Gasteiger partial charge in [0.2, 0.25) is 15.9 Å². The number of ether oxygens (including phenoxy) is 1. The Bertz CT molecular complexity index is 1000. The van der Waals surface area contributed by atoms with Gasteiger partial charge in [-0.05, 0) is 88.1 Å². The number of amides is 1. The van der Waals surface area contributed by atoms with Crippen molar-refractivity contribution in [1.82, 2.24) is 5.32 Å². The van der Waals surface area contributed by atoms with Crippen molar-refractivity contribution in [3.05, 3.63) is 58.7 Å². The van der Waals surface area contributed by atoms with Crippen molar-refractivity contribution in [2.75, 3.05) is 17.2 Å². The Kier molecular flexibility index (Phi) is 7.53. The van der Waals surface area contributed by atoms with Gasteiger partial charge < -0.3 is 10.1 Å². The molecule has 1 amide bonds. The van der Waals surface area contributed by atoms with Gasteiger partial charge >= 0.3 is 0 Å². The predicted octanol–water partition coefficient (Wildman–Crippen LogP) is 4.04. The van der Waals surface area contributed by atoms with E-state index < -0.39 is 16.1 Å². The van der Waals surface area contributed by atoms with E-state index in [2.05, 4.69) is 24.4 Å². The molecule has 0 aliphatic rings. The first-order valence-electron chi connectivity index (χ1n) is 10.1. The smallest absolute Gasteiger partial charge is 0.244 e. The summed E-state index contributed by atoms with van der Waals surface area (Å²) in [5.41, 5.74) is 4.87. The second-order valence-electron chi connectivity index (χ2n) is 7.69. The van der Waals surface area contributed by atoms with Crippen LogP contribution >= 0.6 is 0 Å². The molecule has 0 radical (unpaired) electrons. The van der Waals surface area contributed by atoms with Crippen LogP contribution in [0.3, 0.4) is 0 Å². The van der Waals surface area contributed by atoms with Crippen LogP contribution in [0.5, 0.6) is 5.75 Å². The van der Waals surface area contributed by atoms with Gasteiger partial charge in [-0.1, -0.05) is 12.1 Å². The van der Waals surface area contributed by atoms with Crippen molar-refractivity contribution in [1.29, 1.82) is 0 Å². The summed E-state index contributed by atoms with van der Waals surface area (Å²) < 4.78 is 31.5. The van der Waals surface area contributed by atoms with E-state index in [0.29, 0.717) is 18.0 Å². The molecule has 0 aliphatic carbocycles. The molecule has 0 aliphatic heterocycles. The van der Waals surface area contributed by atoms with Gasteiger partial charge in [0.05, 0.1) is 24.6 Å². The number of nitrogens with one attached hydrogen (secondary N) is 1. The average molecular weight is 433 g/mol. The summed E-state index contributed by atoms with van der Waals surface area (Å²) in [5.74, 6) is 0.282. The Morgan fingerprint density at radius 3 is 2.13 bits per heavy atom. The number of nitrogens with zero attached hydrogens (tertiary/aromatic N) is 1. The molecule has 7 heteroatoms. The average Bonchev–Trinajstić information content (AvgIpc) is 2.65. The van der Waals surface area contributed by atoms with Gasteiger partial charge in [0.25, 0.3) is 0 Å². The highest BCUT2D eigenvalue weighted by atomic mass is 32.2. The van der Waals surface area contributed by atoms with Crippen molar-refractivity contribution < 1.29 is 17.9 Å². The number of rotatable bonds is 8. The summed E-state index contributed by atoms with van der Waals surface area (Å²) in [6.07, 6.45) is 1.10. The summed E-state index contributed by atoms with van der Waals surface area (Å²) in [4.78, 5) is 13.0. The first-order chi connectivity index (χ1) is 14.0. The summed E-state index contributed by atoms with van der Waals surface area (Å²) in [6.45, 7) is 12.0. The Morgan fingerprint density at radius 2 is 1.60 bits per heavy atom. The molecule has 0 bridgehead atoms. The van der Waals surface area contributed by atoms with E-state index in [1.54, 1.807) is 31.2 Å². The lowest BCUT2D eigenvalue weighted by Crippen LogP contribution is -2.48. The van der Waals surface area contributed by atoms with Gasteiger partial charge in [0, 0.05) is 0 Å². The summed E-state index contributed by atoms with van der Waals surface area (Å²) >= 11 is 0. The Labute approximate surface area is 180 Å². The molecule has 0 spiro atoms. The Hall–Kier alpha value is -2.54. The van der Waals surface area contributed by atoms with Crippen LogP contribution in [-0.4, -0.2) is 33.2 Å². The van der Waals surface area contributed by atoms with Crippen molar-refractivity contribution in [2.45, 2.75) is 53.6 Å². The van der Waals surface area contributed by atoms with Crippen LogP contribution in [0.2, 0.25) is 0 Å². The minimum Gasteiger partial charge on any atom is -0.494 e. The highest BCUT2D eigenvalue weighted by molar-refractivity contribution is 7.92. The molecule has 0 fully saturated rings. The van der Waals surface area contributed by atoms with E-state index in [1.165, 1.54) is 5.56 Å². The topological polar surface area (TPSA) is 75.7 Å². The van der Waals surface area contributed by atoms with E-state index in [9.17, 15) is 13.2 Å². The monoisotopic (exact) mass is 432 g/mol. The molecule has 30 heavy (non-hydrogen) atoms. The predicted molar refractivity (Wildman–Crippen MR) is 122 cm³/mol. The van der Waals surface area contributed by atoms with E-state index in [-0.39, 0.29) is 11.9 Å². The standard InChI is InChI=1S/C23H32N2O4S/c1-8-29-21-11-9-20(10-12-21)25(30(7,27)28)19(6)23(26)24-18(5)22-14-16(3)15(2)13-17(22)4/h9-14,18-19H,8H2,1-7H3,(H,24,26)/t18-,19+/m1/s1. The second-order valence-corrected chi connectivity index (χ2v) is 9.54. The first-order valence-corrected chi connectivity index (χ1v) is 11.9. The molecule has 1 N–H and O–H groups in total. The quantitative estimate of drug-likeness (QED) is 0.683. The molecule has 0 saturated carbocycles. The van der Waals surface area contributed by atoms with Gasteiger partial charge in [-0.3, -0.25) is 9.10 Å². The normalized spacial score (nSPS) is 13.4. The maximum absolute atomic E-state index is 13.0. The zero-order valence-electron chi connectivity index (χ0n) is 18.8. The fourth-order valence-corrected chi connectivity index (χ4v) is 4.70. The highest BCUT2D eigenvalue weighted by Crippen LogP contribution is 2.25. The largest absolute Gasteiger partial charge is 0.494 e. The van der Waals surface area contributed by atoms with Crippen molar-refractivity contribution >= 4 is 21.6 Å². The minimum atomic E-state index is -3.68. The first kappa shape index (κ1) is 23.7. The van der Waals surface area contributed by atoms with Gasteiger partial charge in [0.1, 0.15) is 11.8 Å². The molecule has 6 nitrogen and oxygen atoms in total. The zero-order chi connectivity index (χ0) is 22.6. The summed E-state index contributed by atoms with van der Waals surface area (Å²) in [6, 6.07) is 9.69. The fraction of sp³-hybridized carbons (Fsp3) is 0.435. The van der Waals surface area contributed by atoms with Gasteiger partial charge in [-0.2, -0.15) is 0 Å². The van der Waals surface area contributed by atoms with Crippen LogP contribution in [0.4, 0.5) is 5.69 Å². The minimum absolute atomic E-state index is 0.249. The molecule has 2 aromatic carbocycles. The lowest BCUT2D eigenvalue weighted by molar-refractivity contribution is -0.122. The number of anilines is 1. The lowest BCUT2D eigenvalue weighted by atomic mass is 9.96. The molecule has 0 aromatic heterocycles. The highest BCUT2D eigenvalue weighted by Gasteiger charge is 2.30. The van der Waals surface area contributed by atoms with Crippen LogP contribution in [0, 0.1) is 20.8 Å². The number of hydrogen-bond acceptors (Lipinski definition) is 4. The number of carbonyl (C=O) groups excluding carboxylic acids is 1.